The first-order chi connectivity index (χ1) is 13.0. The highest BCUT2D eigenvalue weighted by atomic mass is 19.4. The van der Waals surface area contributed by atoms with Gasteiger partial charge in [-0.25, -0.2) is 14.4 Å². The van der Waals surface area contributed by atoms with Gasteiger partial charge in [0.05, 0.1) is 5.56 Å². The summed E-state index contributed by atoms with van der Waals surface area (Å²) < 4.78 is 94.6. The number of hydrogen-bond acceptors (Lipinski definition) is 6. The van der Waals surface area contributed by atoms with Crippen molar-refractivity contribution >= 4 is 5.95 Å². The van der Waals surface area contributed by atoms with E-state index in [2.05, 4.69) is 24.6 Å². The molecule has 0 amide bonds. The van der Waals surface area contributed by atoms with Crippen LogP contribution in [0, 0.1) is 5.82 Å². The normalized spacial score (nSPS) is 13.4. The molecule has 0 aliphatic carbocycles. The van der Waals surface area contributed by atoms with Crippen molar-refractivity contribution in [1.29, 1.82) is 0 Å². The van der Waals surface area contributed by atoms with Crippen LogP contribution in [0.1, 0.15) is 17.5 Å². The van der Waals surface area contributed by atoms with E-state index < -0.39 is 41.9 Å². The molecule has 3 aromatic rings. The fourth-order valence-electron chi connectivity index (χ4n) is 2.11. The second-order valence-electron chi connectivity index (χ2n) is 5.38. The first-order valence-electron chi connectivity index (χ1n) is 7.36. The lowest BCUT2D eigenvalue weighted by Gasteiger charge is -2.22. The maximum Gasteiger partial charge on any atom is 0.470 e. The van der Waals surface area contributed by atoms with Crippen LogP contribution in [0.15, 0.2) is 41.1 Å². The predicted octanol–water partition coefficient (Wildman–Crippen LogP) is 4.40. The van der Waals surface area contributed by atoms with Gasteiger partial charge < -0.3 is 9.73 Å². The maximum atomic E-state index is 13.3. The zero-order valence-corrected chi connectivity index (χ0v) is 13.4. The molecule has 0 spiro atoms. The molecule has 0 saturated carbocycles. The molecule has 0 bridgehead atoms. The highest BCUT2D eigenvalue weighted by molar-refractivity contribution is 5.50. The quantitative estimate of drug-likeness (QED) is 0.646. The van der Waals surface area contributed by atoms with Gasteiger partial charge in [-0.2, -0.15) is 26.3 Å². The van der Waals surface area contributed by atoms with Crippen molar-refractivity contribution in [2.45, 2.75) is 18.4 Å². The van der Waals surface area contributed by atoms with E-state index >= 15 is 0 Å². The average Bonchev–Trinajstić information content (AvgIpc) is 3.11. The summed E-state index contributed by atoms with van der Waals surface area (Å²) in [5.74, 6) is -3.31. The van der Waals surface area contributed by atoms with Crippen LogP contribution < -0.4 is 5.32 Å². The Labute approximate surface area is 151 Å². The molecule has 0 aliphatic rings. The lowest BCUT2D eigenvalue weighted by atomic mass is 10.1. The summed E-state index contributed by atoms with van der Waals surface area (Å²) in [6.07, 6.45) is -7.77. The number of rotatable bonds is 4. The van der Waals surface area contributed by atoms with Gasteiger partial charge in [0, 0.05) is 12.4 Å². The zero-order valence-electron chi connectivity index (χ0n) is 13.4. The third-order valence-electron chi connectivity index (χ3n) is 3.37. The van der Waals surface area contributed by atoms with Crippen molar-refractivity contribution in [1.82, 2.24) is 20.2 Å². The van der Waals surface area contributed by atoms with E-state index in [-0.39, 0.29) is 11.1 Å². The van der Waals surface area contributed by atoms with Gasteiger partial charge in [-0.15, -0.1) is 10.2 Å². The number of benzene rings is 1. The van der Waals surface area contributed by atoms with Crippen LogP contribution in [0.2, 0.25) is 0 Å². The molecule has 13 heteroatoms. The van der Waals surface area contributed by atoms with Gasteiger partial charge in [0.25, 0.3) is 5.89 Å². The van der Waals surface area contributed by atoms with Gasteiger partial charge in [0.1, 0.15) is 5.82 Å². The van der Waals surface area contributed by atoms with Crippen LogP contribution in [0.25, 0.3) is 11.5 Å². The van der Waals surface area contributed by atoms with Crippen LogP contribution >= 0.6 is 0 Å². The maximum absolute atomic E-state index is 13.3. The first-order valence-corrected chi connectivity index (χ1v) is 7.36. The second kappa shape index (κ2) is 7.05. The number of nitrogens with one attached hydrogen (secondary N) is 1. The molecule has 148 valence electrons. The molecule has 1 aromatic carbocycles. The number of nitrogens with zero attached hydrogens (tertiary/aromatic N) is 4. The van der Waals surface area contributed by atoms with E-state index in [1.54, 1.807) is 0 Å². The summed E-state index contributed by atoms with van der Waals surface area (Å²) in [6, 6.07) is 1.40. The molecule has 2 heterocycles. The Morgan fingerprint density at radius 3 is 2.00 bits per heavy atom. The van der Waals surface area contributed by atoms with E-state index in [0.29, 0.717) is 0 Å². The monoisotopic (exact) mass is 407 g/mol. The van der Waals surface area contributed by atoms with Gasteiger partial charge in [-0.3, -0.25) is 0 Å². The Balaban J connectivity index is 1.82. The summed E-state index contributed by atoms with van der Waals surface area (Å²) in [7, 11) is 0. The van der Waals surface area contributed by atoms with Crippen molar-refractivity contribution in [3.05, 3.63) is 53.9 Å². The van der Waals surface area contributed by atoms with Crippen molar-refractivity contribution in [2.24, 2.45) is 0 Å². The fraction of sp³-hybridized carbons (Fsp3) is 0.200. The molecule has 0 saturated heterocycles. The number of anilines is 1. The van der Waals surface area contributed by atoms with Crippen LogP contribution in [0.4, 0.5) is 36.7 Å². The molecule has 1 atom stereocenters. The Kier molecular flexibility index (Phi) is 4.91. The van der Waals surface area contributed by atoms with E-state index in [1.165, 1.54) is 0 Å². The number of aromatic nitrogens is 4. The third-order valence-corrected chi connectivity index (χ3v) is 3.37. The lowest BCUT2D eigenvalue weighted by Crippen LogP contribution is -2.28. The molecule has 0 radical (unpaired) electrons. The number of hydrogen-bond donors (Lipinski definition) is 1. The molecule has 0 fully saturated rings. The van der Waals surface area contributed by atoms with Gasteiger partial charge in [0.2, 0.25) is 5.95 Å². The summed E-state index contributed by atoms with van der Waals surface area (Å²) in [5.41, 5.74) is -0.410. The standard InChI is InChI=1S/C15H8F7N5O/c16-9-3-1-7(2-4-9)10(14(17,18)19)25-13-23-5-8(6-24-13)11-26-27-12(28-11)15(20,21)22/h1-6,10H,(H,23,24,25). The summed E-state index contributed by atoms with van der Waals surface area (Å²) in [4.78, 5) is 7.24. The minimum atomic E-state index is -4.84. The molecule has 1 N–H and O–H groups in total. The number of halogens is 7. The van der Waals surface area contributed by atoms with E-state index in [9.17, 15) is 30.7 Å². The molecule has 1 unspecified atom stereocenters. The van der Waals surface area contributed by atoms with E-state index in [0.717, 1.165) is 36.7 Å². The average molecular weight is 407 g/mol. The largest absolute Gasteiger partial charge is 0.470 e. The van der Waals surface area contributed by atoms with Crippen molar-refractivity contribution in [3.8, 4) is 11.5 Å². The Bertz CT molecular complexity index is 935. The Morgan fingerprint density at radius 2 is 1.50 bits per heavy atom. The van der Waals surface area contributed by atoms with Crippen molar-refractivity contribution < 1.29 is 35.2 Å². The van der Waals surface area contributed by atoms with Gasteiger partial charge in [-0.05, 0) is 17.7 Å². The second-order valence-corrected chi connectivity index (χ2v) is 5.38. The van der Waals surface area contributed by atoms with Crippen LogP contribution in [-0.2, 0) is 6.18 Å². The van der Waals surface area contributed by atoms with Crippen LogP contribution in [0.3, 0.4) is 0 Å². The van der Waals surface area contributed by atoms with Crippen LogP contribution in [-0.4, -0.2) is 26.3 Å². The lowest BCUT2D eigenvalue weighted by molar-refractivity contribution is -0.157. The molecule has 3 rings (SSSR count). The highest BCUT2D eigenvalue weighted by Gasteiger charge is 2.41. The molecular formula is C15H8F7N5O. The SMILES string of the molecule is Fc1ccc(C(Nc2ncc(-c3nnc(C(F)(F)F)o3)cn2)C(F)(F)F)cc1. The zero-order chi connectivity index (χ0) is 20.5. The van der Waals surface area contributed by atoms with Crippen molar-refractivity contribution in [2.75, 3.05) is 5.32 Å². The summed E-state index contributed by atoms with van der Waals surface area (Å²) in [5, 5.41) is 8.05. The van der Waals surface area contributed by atoms with E-state index in [4.69, 9.17) is 0 Å². The Hall–Kier alpha value is -3.25. The minimum absolute atomic E-state index is 0.126. The smallest absolute Gasteiger partial charge is 0.413 e. The number of alkyl halides is 6. The topological polar surface area (TPSA) is 76.7 Å². The van der Waals surface area contributed by atoms with Crippen molar-refractivity contribution in [3.63, 3.8) is 0 Å². The van der Waals surface area contributed by atoms with E-state index in [1.807, 2.05) is 5.32 Å². The summed E-state index contributed by atoms with van der Waals surface area (Å²) in [6.45, 7) is 0. The summed E-state index contributed by atoms with van der Waals surface area (Å²) >= 11 is 0. The van der Waals surface area contributed by atoms with Gasteiger partial charge >= 0.3 is 18.2 Å². The van der Waals surface area contributed by atoms with Gasteiger partial charge in [-0.1, -0.05) is 12.1 Å². The minimum Gasteiger partial charge on any atom is -0.413 e. The first kappa shape index (κ1) is 19.5. The third kappa shape index (κ3) is 4.35. The van der Waals surface area contributed by atoms with Crippen LogP contribution in [0.5, 0.6) is 0 Å². The molecule has 0 aliphatic heterocycles. The highest BCUT2D eigenvalue weighted by Crippen LogP contribution is 2.35. The predicted molar refractivity (Wildman–Crippen MR) is 79.1 cm³/mol. The molecule has 28 heavy (non-hydrogen) atoms. The van der Waals surface area contributed by atoms with Gasteiger partial charge in [0.15, 0.2) is 6.04 Å². The molecular weight excluding hydrogens is 399 g/mol. The molecule has 2 aromatic heterocycles. The fourth-order valence-corrected chi connectivity index (χ4v) is 2.11. The molecule has 6 nitrogen and oxygen atoms in total. The Morgan fingerprint density at radius 1 is 0.893 bits per heavy atom.